The number of aryl methyl sites for hydroxylation is 1. The molecule has 4 atom stereocenters. The van der Waals surface area contributed by atoms with E-state index in [2.05, 4.69) is 9.97 Å². The number of imidazole rings is 1. The fourth-order valence-corrected chi connectivity index (χ4v) is 4.86. The molecule has 0 aromatic carbocycles. The van der Waals surface area contributed by atoms with Crippen LogP contribution in [0.1, 0.15) is 12.6 Å². The molecule has 1 saturated heterocycles. The molecule has 4 rings (SSSR count). The first kappa shape index (κ1) is 18.2. The quantitative estimate of drug-likeness (QED) is 0.610. The van der Waals surface area contributed by atoms with Gasteiger partial charge in [-0.15, -0.1) is 11.8 Å². The molecule has 0 spiro atoms. The number of hydrogen-bond donors (Lipinski definition) is 3. The summed E-state index contributed by atoms with van der Waals surface area (Å²) in [6, 6.07) is -0.357. The Morgan fingerprint density at radius 1 is 1.48 bits per heavy atom. The van der Waals surface area contributed by atoms with Crippen molar-refractivity contribution < 1.29 is 25.0 Å². The predicted octanol–water partition coefficient (Wildman–Crippen LogP) is 0.288. The van der Waals surface area contributed by atoms with Crippen molar-refractivity contribution in [2.45, 2.75) is 31.6 Å². The maximum atomic E-state index is 11.7. The number of aliphatic carboxylic acids is 1. The first-order valence-corrected chi connectivity index (χ1v) is 9.62. The molecular formula is C17H20N4O5S. The highest BCUT2D eigenvalue weighted by Crippen LogP contribution is 2.48. The van der Waals surface area contributed by atoms with Crippen molar-refractivity contribution in [2.24, 2.45) is 5.92 Å². The highest BCUT2D eigenvalue weighted by atomic mass is 32.2. The zero-order chi connectivity index (χ0) is 19.1. The lowest BCUT2D eigenvalue weighted by atomic mass is 9.93. The van der Waals surface area contributed by atoms with Gasteiger partial charge in [0.2, 0.25) is 0 Å². The molecule has 0 radical (unpaired) electrons. The van der Waals surface area contributed by atoms with E-state index in [1.807, 2.05) is 16.8 Å². The summed E-state index contributed by atoms with van der Waals surface area (Å²) in [5.41, 5.74) is 1.70. The topological polar surface area (TPSA) is 120 Å². The van der Waals surface area contributed by atoms with Gasteiger partial charge in [-0.3, -0.25) is 9.82 Å². The first-order valence-electron chi connectivity index (χ1n) is 8.64. The second-order valence-electron chi connectivity index (χ2n) is 6.61. The number of hydroxylamine groups is 2. The summed E-state index contributed by atoms with van der Waals surface area (Å²) in [6.45, 7) is 1.40. The molecule has 2 aliphatic heterocycles. The molecule has 0 saturated carbocycles. The highest BCUT2D eigenvalue weighted by molar-refractivity contribution is 8.03. The molecule has 2 aliphatic rings. The lowest BCUT2D eigenvalue weighted by Crippen LogP contribution is -2.62. The van der Waals surface area contributed by atoms with E-state index in [0.29, 0.717) is 17.1 Å². The number of aliphatic hydroxyl groups excluding tert-OH is 2. The van der Waals surface area contributed by atoms with Crippen molar-refractivity contribution in [2.75, 3.05) is 12.4 Å². The molecule has 0 bridgehead atoms. The van der Waals surface area contributed by atoms with E-state index >= 15 is 0 Å². The third kappa shape index (κ3) is 3.08. The van der Waals surface area contributed by atoms with Crippen LogP contribution in [0.2, 0.25) is 0 Å². The molecule has 27 heavy (non-hydrogen) atoms. The minimum Gasteiger partial charge on any atom is -0.476 e. The third-order valence-electron chi connectivity index (χ3n) is 4.85. The van der Waals surface area contributed by atoms with E-state index in [-0.39, 0.29) is 24.3 Å². The number of nitrogens with zero attached hydrogens (tertiary/aromatic N) is 4. The normalized spacial score (nSPS) is 25.6. The van der Waals surface area contributed by atoms with Crippen molar-refractivity contribution in [3.63, 3.8) is 0 Å². The van der Waals surface area contributed by atoms with Crippen LogP contribution in [0.15, 0.2) is 35.4 Å². The van der Waals surface area contributed by atoms with Crippen LogP contribution in [-0.4, -0.2) is 71.3 Å². The largest absolute Gasteiger partial charge is 0.476 e. The number of thioether (sulfide) groups is 1. The summed E-state index contributed by atoms with van der Waals surface area (Å²) in [4.78, 5) is 26.3. The Hall–Kier alpha value is -2.14. The molecule has 0 aliphatic carbocycles. The van der Waals surface area contributed by atoms with Gasteiger partial charge >= 0.3 is 5.97 Å². The van der Waals surface area contributed by atoms with Gasteiger partial charge in [0.15, 0.2) is 11.3 Å². The number of rotatable bonds is 7. The van der Waals surface area contributed by atoms with Crippen molar-refractivity contribution in [1.82, 2.24) is 19.4 Å². The number of carboxylic acids is 1. The number of fused-ring (bicyclic) bond motifs is 2. The molecule has 9 nitrogen and oxygen atoms in total. The Labute approximate surface area is 159 Å². The maximum absolute atomic E-state index is 11.7. The lowest BCUT2D eigenvalue weighted by molar-refractivity contribution is -0.337. The summed E-state index contributed by atoms with van der Waals surface area (Å²) < 4.78 is 1.88. The standard InChI is InChI=1S/C17H20N4O5S/c1-9(23)15-13-11(8-22)16(14(17(24)25)21(13)26-15)27-5-2-10-7-20-4-3-18-6-12(20)19-10/h3-4,6-7,9,11,13,15,22-23H,2,5,8H2,1H3,(H,24,25)/t9-,11+,13+,15-/m1/s1. The fraction of sp³-hybridized carbons (Fsp3) is 0.471. The second-order valence-corrected chi connectivity index (χ2v) is 7.74. The number of carbonyl (C=O) groups is 1. The first-order chi connectivity index (χ1) is 13.0. The van der Waals surface area contributed by atoms with Crippen LogP contribution in [0.5, 0.6) is 0 Å². The molecule has 1 fully saturated rings. The van der Waals surface area contributed by atoms with E-state index in [9.17, 15) is 20.1 Å². The van der Waals surface area contributed by atoms with Gasteiger partial charge in [-0.05, 0) is 6.92 Å². The molecule has 0 amide bonds. The second kappa shape index (κ2) is 7.12. The SMILES string of the molecule is C[C@@H](O)[C@H]1ON2C(C(=O)O)=C(SCCc3cn4ccncc4n3)[C@@H](CO)[C@@H]12. The average molecular weight is 392 g/mol. The Bertz CT molecular complexity index is 865. The summed E-state index contributed by atoms with van der Waals surface area (Å²) in [7, 11) is 0. The molecule has 2 aromatic rings. The van der Waals surface area contributed by atoms with Crippen LogP contribution in [0, 0.1) is 5.92 Å². The van der Waals surface area contributed by atoms with Crippen molar-refractivity contribution in [1.29, 1.82) is 0 Å². The van der Waals surface area contributed by atoms with Gasteiger partial charge < -0.3 is 19.7 Å². The van der Waals surface area contributed by atoms with E-state index in [4.69, 9.17) is 4.84 Å². The molecule has 144 valence electrons. The number of aliphatic hydroxyl groups is 2. The minimum atomic E-state index is -1.10. The van der Waals surface area contributed by atoms with Crippen LogP contribution in [0.3, 0.4) is 0 Å². The maximum Gasteiger partial charge on any atom is 0.355 e. The van der Waals surface area contributed by atoms with Gasteiger partial charge in [-0.1, -0.05) is 0 Å². The Morgan fingerprint density at radius 2 is 2.30 bits per heavy atom. The Kier molecular flexibility index (Phi) is 4.81. The van der Waals surface area contributed by atoms with E-state index in [0.717, 1.165) is 11.3 Å². The van der Waals surface area contributed by atoms with Crippen LogP contribution < -0.4 is 0 Å². The lowest BCUT2D eigenvalue weighted by Gasteiger charge is -2.47. The molecule has 10 heteroatoms. The molecule has 0 unspecified atom stereocenters. The van der Waals surface area contributed by atoms with Gasteiger partial charge in [-0.2, -0.15) is 0 Å². The van der Waals surface area contributed by atoms with E-state index in [1.54, 1.807) is 19.3 Å². The average Bonchev–Trinajstić information content (AvgIpc) is 3.11. The summed E-state index contributed by atoms with van der Waals surface area (Å²) in [5.74, 6) is -0.874. The van der Waals surface area contributed by atoms with Gasteiger partial charge in [0.05, 0.1) is 30.6 Å². The zero-order valence-electron chi connectivity index (χ0n) is 14.6. The molecule has 2 aromatic heterocycles. The van der Waals surface area contributed by atoms with Crippen LogP contribution in [0.25, 0.3) is 5.65 Å². The van der Waals surface area contributed by atoms with Crippen LogP contribution >= 0.6 is 11.8 Å². The van der Waals surface area contributed by atoms with Gasteiger partial charge in [0.25, 0.3) is 0 Å². The smallest absolute Gasteiger partial charge is 0.355 e. The number of hydrogen-bond acceptors (Lipinski definition) is 8. The molecule has 3 N–H and O–H groups in total. The van der Waals surface area contributed by atoms with Gasteiger partial charge in [-0.25, -0.2) is 14.8 Å². The summed E-state index contributed by atoms with van der Waals surface area (Å²) in [6.07, 6.45) is 6.49. The van der Waals surface area contributed by atoms with Crippen molar-refractivity contribution >= 4 is 23.4 Å². The summed E-state index contributed by atoms with van der Waals surface area (Å²) in [5, 5.41) is 30.6. The minimum absolute atomic E-state index is 0.0557. The highest BCUT2D eigenvalue weighted by Gasteiger charge is 2.57. The number of carboxylic acid groups (broad SMARTS) is 1. The number of aromatic nitrogens is 3. The van der Waals surface area contributed by atoms with Crippen molar-refractivity contribution in [3.8, 4) is 0 Å². The van der Waals surface area contributed by atoms with Gasteiger partial charge in [0, 0.05) is 41.6 Å². The zero-order valence-corrected chi connectivity index (χ0v) is 15.4. The Balaban J connectivity index is 1.49. The third-order valence-corrected chi connectivity index (χ3v) is 6.07. The van der Waals surface area contributed by atoms with Crippen LogP contribution in [0.4, 0.5) is 0 Å². The van der Waals surface area contributed by atoms with Crippen LogP contribution in [-0.2, 0) is 16.1 Å². The predicted molar refractivity (Wildman–Crippen MR) is 96.6 cm³/mol. The Morgan fingerprint density at radius 3 is 2.96 bits per heavy atom. The van der Waals surface area contributed by atoms with Gasteiger partial charge in [0.1, 0.15) is 6.10 Å². The monoisotopic (exact) mass is 392 g/mol. The van der Waals surface area contributed by atoms with E-state index in [1.165, 1.54) is 16.8 Å². The summed E-state index contributed by atoms with van der Waals surface area (Å²) >= 11 is 1.39. The van der Waals surface area contributed by atoms with E-state index < -0.39 is 18.2 Å². The van der Waals surface area contributed by atoms with Crippen molar-refractivity contribution in [3.05, 3.63) is 41.1 Å². The molecule has 4 heterocycles. The fourth-order valence-electron chi connectivity index (χ4n) is 3.59. The molecular weight excluding hydrogens is 372 g/mol.